The first kappa shape index (κ1) is 16.2. The van der Waals surface area contributed by atoms with Crippen LogP contribution in [0.1, 0.15) is 36.3 Å². The van der Waals surface area contributed by atoms with Gasteiger partial charge in [-0.3, -0.25) is 0 Å². The molecule has 0 aromatic carbocycles. The molecule has 2 aromatic heterocycles. The average molecular weight is 348 g/mol. The lowest BCUT2D eigenvalue weighted by Crippen LogP contribution is -2.29. The Labute approximate surface area is 134 Å². The van der Waals surface area contributed by atoms with Crippen LogP contribution in [0.2, 0.25) is 0 Å². The highest BCUT2D eigenvalue weighted by Gasteiger charge is 2.37. The molecule has 1 aliphatic rings. The quantitative estimate of drug-likeness (QED) is 0.846. The van der Waals surface area contributed by atoms with Crippen LogP contribution in [0.5, 0.6) is 0 Å². The van der Waals surface area contributed by atoms with Crippen LogP contribution in [0, 0.1) is 0 Å². The molecule has 3 heterocycles. The van der Waals surface area contributed by atoms with Crippen molar-refractivity contribution in [2.75, 3.05) is 13.1 Å². The predicted octanol–water partition coefficient (Wildman–Crippen LogP) is 1.98. The summed E-state index contributed by atoms with van der Waals surface area (Å²) in [5.74, 6) is -0.0684. The highest BCUT2D eigenvalue weighted by molar-refractivity contribution is 7.98. The van der Waals surface area contributed by atoms with Crippen LogP contribution < -0.4 is 5.32 Å². The number of nitrogens with one attached hydrogen (secondary N) is 1. The van der Waals surface area contributed by atoms with E-state index in [1.165, 1.54) is 11.8 Å². The SMILES string of the molecule is Cn1c(SCc2nc(C(F)(F)F)no2)nnc1C1CCCNC1. The highest BCUT2D eigenvalue weighted by Crippen LogP contribution is 2.29. The van der Waals surface area contributed by atoms with Gasteiger partial charge in [0.25, 0.3) is 5.82 Å². The van der Waals surface area contributed by atoms with Crippen LogP contribution in [0.25, 0.3) is 0 Å². The normalized spacial score (nSPS) is 19.2. The van der Waals surface area contributed by atoms with Crippen LogP contribution >= 0.6 is 11.8 Å². The first-order valence-corrected chi connectivity index (χ1v) is 8.06. The number of rotatable bonds is 4. The summed E-state index contributed by atoms with van der Waals surface area (Å²) in [4.78, 5) is 3.33. The number of thioether (sulfide) groups is 1. The van der Waals surface area contributed by atoms with E-state index in [1.807, 2.05) is 11.6 Å². The van der Waals surface area contributed by atoms with Crippen molar-refractivity contribution in [1.29, 1.82) is 0 Å². The third kappa shape index (κ3) is 3.66. The fourth-order valence-corrected chi connectivity index (χ4v) is 3.19. The van der Waals surface area contributed by atoms with E-state index >= 15 is 0 Å². The van der Waals surface area contributed by atoms with E-state index in [-0.39, 0.29) is 11.6 Å². The summed E-state index contributed by atoms with van der Waals surface area (Å²) in [6.07, 6.45) is -2.47. The second-order valence-electron chi connectivity index (χ2n) is 5.24. The first-order chi connectivity index (χ1) is 10.9. The Morgan fingerprint density at radius 1 is 1.39 bits per heavy atom. The van der Waals surface area contributed by atoms with Gasteiger partial charge in [0.2, 0.25) is 5.89 Å². The second-order valence-corrected chi connectivity index (χ2v) is 6.18. The fourth-order valence-electron chi connectivity index (χ4n) is 2.43. The van der Waals surface area contributed by atoms with Crippen molar-refractivity contribution >= 4 is 11.8 Å². The van der Waals surface area contributed by atoms with Crippen molar-refractivity contribution in [3.8, 4) is 0 Å². The van der Waals surface area contributed by atoms with Crippen molar-refractivity contribution in [3.63, 3.8) is 0 Å². The molecule has 0 radical (unpaired) electrons. The van der Waals surface area contributed by atoms with Gasteiger partial charge in [0, 0.05) is 19.5 Å². The zero-order chi connectivity index (χ0) is 16.4. The van der Waals surface area contributed by atoms with Crippen LogP contribution in [0.15, 0.2) is 9.68 Å². The van der Waals surface area contributed by atoms with Gasteiger partial charge < -0.3 is 14.4 Å². The lowest BCUT2D eigenvalue weighted by Gasteiger charge is -2.21. The molecule has 0 aliphatic carbocycles. The average Bonchev–Trinajstić information content (AvgIpc) is 3.13. The van der Waals surface area contributed by atoms with Gasteiger partial charge in [0.15, 0.2) is 5.16 Å². The van der Waals surface area contributed by atoms with Gasteiger partial charge in [0.05, 0.1) is 5.75 Å². The lowest BCUT2D eigenvalue weighted by molar-refractivity contribution is -0.146. The van der Waals surface area contributed by atoms with Gasteiger partial charge in [0.1, 0.15) is 5.82 Å². The molecule has 1 aliphatic heterocycles. The molecule has 1 N–H and O–H groups in total. The molecule has 1 atom stereocenters. The van der Waals surface area contributed by atoms with Crippen LogP contribution in [0.4, 0.5) is 13.2 Å². The molecule has 7 nitrogen and oxygen atoms in total. The molecule has 2 aromatic rings. The molecule has 0 spiro atoms. The Morgan fingerprint density at radius 3 is 2.87 bits per heavy atom. The Bertz CT molecular complexity index is 664. The summed E-state index contributed by atoms with van der Waals surface area (Å²) < 4.78 is 43.7. The number of halogens is 3. The first-order valence-electron chi connectivity index (χ1n) is 7.07. The van der Waals surface area contributed by atoms with Gasteiger partial charge >= 0.3 is 6.18 Å². The third-order valence-electron chi connectivity index (χ3n) is 3.58. The van der Waals surface area contributed by atoms with Crippen molar-refractivity contribution in [2.24, 2.45) is 7.05 Å². The summed E-state index contributed by atoms with van der Waals surface area (Å²) in [7, 11) is 1.85. The fraction of sp³-hybridized carbons (Fsp3) is 0.667. The summed E-state index contributed by atoms with van der Waals surface area (Å²) in [6.45, 7) is 1.86. The smallest absolute Gasteiger partial charge is 0.338 e. The molecule has 1 fully saturated rings. The number of aromatic nitrogens is 5. The standard InChI is InChI=1S/C12H15F3N6OS/c1-21-9(7-3-2-4-16-5-7)18-19-11(21)23-6-8-17-10(20-22-8)12(13,14)15/h7,16H,2-6H2,1H3. The minimum atomic E-state index is -4.60. The second kappa shape index (κ2) is 6.48. The topological polar surface area (TPSA) is 81.7 Å². The minimum absolute atomic E-state index is 0.0915. The van der Waals surface area contributed by atoms with Gasteiger partial charge in [-0.2, -0.15) is 18.2 Å². The summed E-state index contributed by atoms with van der Waals surface area (Å²) >= 11 is 1.21. The van der Waals surface area contributed by atoms with E-state index in [0.717, 1.165) is 31.8 Å². The van der Waals surface area contributed by atoms with Crippen LogP contribution in [-0.4, -0.2) is 38.0 Å². The maximum absolute atomic E-state index is 12.4. The molecule has 0 bridgehead atoms. The zero-order valence-corrected chi connectivity index (χ0v) is 13.1. The van der Waals surface area contributed by atoms with Crippen LogP contribution in [0.3, 0.4) is 0 Å². The molecule has 0 amide bonds. The van der Waals surface area contributed by atoms with E-state index in [0.29, 0.717) is 11.1 Å². The van der Waals surface area contributed by atoms with Gasteiger partial charge in [-0.25, -0.2) is 0 Å². The predicted molar refractivity (Wildman–Crippen MR) is 74.7 cm³/mol. The van der Waals surface area contributed by atoms with Crippen molar-refractivity contribution < 1.29 is 17.7 Å². The van der Waals surface area contributed by atoms with E-state index in [9.17, 15) is 13.2 Å². The van der Waals surface area contributed by atoms with Gasteiger partial charge in [-0.15, -0.1) is 10.2 Å². The Morgan fingerprint density at radius 2 is 2.22 bits per heavy atom. The number of piperidine rings is 1. The van der Waals surface area contributed by atoms with Gasteiger partial charge in [-0.1, -0.05) is 16.9 Å². The highest BCUT2D eigenvalue weighted by atomic mass is 32.2. The van der Waals surface area contributed by atoms with E-state index < -0.39 is 12.0 Å². The Balaban J connectivity index is 1.64. The van der Waals surface area contributed by atoms with Gasteiger partial charge in [-0.05, 0) is 19.4 Å². The Hall–Kier alpha value is -1.62. The molecule has 23 heavy (non-hydrogen) atoms. The van der Waals surface area contributed by atoms with E-state index in [1.54, 1.807) is 0 Å². The molecule has 1 unspecified atom stereocenters. The number of hydrogen-bond acceptors (Lipinski definition) is 7. The minimum Gasteiger partial charge on any atom is -0.338 e. The number of hydrogen-bond donors (Lipinski definition) is 1. The van der Waals surface area contributed by atoms with Crippen molar-refractivity contribution in [2.45, 2.75) is 35.8 Å². The van der Waals surface area contributed by atoms with Crippen LogP contribution in [-0.2, 0) is 19.0 Å². The third-order valence-corrected chi connectivity index (χ3v) is 4.58. The maximum Gasteiger partial charge on any atom is 0.455 e. The summed E-state index contributed by atoms with van der Waals surface area (Å²) in [5, 5.41) is 15.1. The molecule has 11 heteroatoms. The maximum atomic E-state index is 12.4. The van der Waals surface area contributed by atoms with E-state index in [2.05, 4.69) is 30.2 Å². The monoisotopic (exact) mass is 348 g/mol. The molecule has 0 saturated carbocycles. The molecular formula is C12H15F3N6OS. The molecule has 126 valence electrons. The molecule has 1 saturated heterocycles. The molecular weight excluding hydrogens is 333 g/mol. The Kier molecular flexibility index (Phi) is 4.57. The molecule has 3 rings (SSSR count). The summed E-state index contributed by atoms with van der Waals surface area (Å²) in [6, 6.07) is 0. The van der Waals surface area contributed by atoms with Crippen molar-refractivity contribution in [1.82, 2.24) is 30.2 Å². The summed E-state index contributed by atoms with van der Waals surface area (Å²) in [5.41, 5.74) is 0. The number of nitrogens with zero attached hydrogens (tertiary/aromatic N) is 5. The lowest BCUT2D eigenvalue weighted by atomic mass is 9.99. The van der Waals surface area contributed by atoms with Crippen molar-refractivity contribution in [3.05, 3.63) is 17.5 Å². The van der Waals surface area contributed by atoms with E-state index in [4.69, 9.17) is 0 Å². The zero-order valence-electron chi connectivity index (χ0n) is 12.3. The largest absolute Gasteiger partial charge is 0.455 e. The number of alkyl halides is 3.